The maximum atomic E-state index is 12.6. The Bertz CT molecular complexity index is 1270. The zero-order chi connectivity index (χ0) is 27.5. The largest absolute Gasteiger partial charge is 0.402 e. The molecule has 3 N–H and O–H groups in total. The van der Waals surface area contributed by atoms with E-state index in [1.165, 1.54) is 16.8 Å². The first-order valence-electron chi connectivity index (χ1n) is 12.8. The number of ether oxygens (including phenoxy) is 2. The fourth-order valence-corrected chi connectivity index (χ4v) is 10.0. The van der Waals surface area contributed by atoms with E-state index in [4.69, 9.17) is 13.9 Å². The number of aromatic nitrogens is 2. The summed E-state index contributed by atoms with van der Waals surface area (Å²) in [7, 11) is -2.96. The SMILES string of the molecule is C[C@H](O[Si](c1ccccc1)(c1ccccc1)C(C)(C)C)[C@H]1O[C@@H](n2ccc(=O)[nH]c2=O)[C@H](OCCO)[C@@H]1O. The highest BCUT2D eigenvalue weighted by Gasteiger charge is 2.55. The van der Waals surface area contributed by atoms with Gasteiger partial charge in [-0.1, -0.05) is 81.4 Å². The van der Waals surface area contributed by atoms with Crippen LogP contribution in [-0.4, -0.2) is 65.7 Å². The molecule has 2 aromatic carbocycles. The molecular weight excluding hydrogens is 504 g/mol. The first-order valence-corrected chi connectivity index (χ1v) is 14.7. The molecule has 38 heavy (non-hydrogen) atoms. The number of aromatic amines is 1. The summed E-state index contributed by atoms with van der Waals surface area (Å²) in [6.45, 7) is 8.01. The van der Waals surface area contributed by atoms with E-state index in [1.54, 1.807) is 0 Å². The van der Waals surface area contributed by atoms with Crippen molar-refractivity contribution in [2.24, 2.45) is 0 Å². The summed E-state index contributed by atoms with van der Waals surface area (Å²) in [6, 6.07) is 21.5. The van der Waals surface area contributed by atoms with Crippen LogP contribution in [0.4, 0.5) is 0 Å². The minimum absolute atomic E-state index is 0.0592. The van der Waals surface area contributed by atoms with Crippen molar-refractivity contribution >= 4 is 18.7 Å². The second-order valence-electron chi connectivity index (χ2n) is 10.5. The van der Waals surface area contributed by atoms with Gasteiger partial charge in [0.15, 0.2) is 6.23 Å². The number of H-pyrrole nitrogens is 1. The Balaban J connectivity index is 1.76. The number of rotatable bonds is 9. The average Bonchev–Trinajstić information content (AvgIpc) is 3.22. The van der Waals surface area contributed by atoms with E-state index < -0.39 is 50.2 Å². The molecule has 204 valence electrons. The first kappa shape index (κ1) is 28.2. The molecule has 0 spiro atoms. The van der Waals surface area contributed by atoms with Crippen LogP contribution < -0.4 is 21.6 Å². The molecule has 1 fully saturated rings. The van der Waals surface area contributed by atoms with Crippen molar-refractivity contribution in [2.75, 3.05) is 13.2 Å². The Kier molecular flexibility index (Phi) is 8.51. The second kappa shape index (κ2) is 11.5. The fraction of sp³-hybridized carbons (Fsp3) is 0.429. The summed E-state index contributed by atoms with van der Waals surface area (Å²) >= 11 is 0. The predicted molar refractivity (Wildman–Crippen MR) is 146 cm³/mol. The third-order valence-corrected chi connectivity index (χ3v) is 12.2. The van der Waals surface area contributed by atoms with Gasteiger partial charge in [-0.05, 0) is 22.3 Å². The van der Waals surface area contributed by atoms with Gasteiger partial charge >= 0.3 is 5.69 Å². The lowest BCUT2D eigenvalue weighted by molar-refractivity contribution is -0.0867. The lowest BCUT2D eigenvalue weighted by atomic mass is 10.1. The quantitative estimate of drug-likeness (QED) is 0.348. The van der Waals surface area contributed by atoms with Crippen molar-refractivity contribution in [3.8, 4) is 0 Å². The number of hydrogen-bond donors (Lipinski definition) is 3. The van der Waals surface area contributed by atoms with Gasteiger partial charge < -0.3 is 24.1 Å². The molecule has 0 aliphatic carbocycles. The van der Waals surface area contributed by atoms with E-state index in [-0.39, 0.29) is 18.3 Å². The lowest BCUT2D eigenvalue weighted by Gasteiger charge is -2.45. The van der Waals surface area contributed by atoms with Crippen molar-refractivity contribution in [1.29, 1.82) is 0 Å². The highest BCUT2D eigenvalue weighted by Crippen LogP contribution is 2.40. The van der Waals surface area contributed by atoms with Crippen molar-refractivity contribution in [2.45, 2.75) is 63.4 Å². The molecule has 0 bridgehead atoms. The van der Waals surface area contributed by atoms with Crippen molar-refractivity contribution in [1.82, 2.24) is 9.55 Å². The minimum atomic E-state index is -2.96. The van der Waals surface area contributed by atoms with Gasteiger partial charge in [0.2, 0.25) is 0 Å². The van der Waals surface area contributed by atoms with Gasteiger partial charge in [0, 0.05) is 12.3 Å². The van der Waals surface area contributed by atoms with Gasteiger partial charge in [-0.2, -0.15) is 0 Å². The van der Waals surface area contributed by atoms with Gasteiger partial charge in [0.1, 0.15) is 18.3 Å². The van der Waals surface area contributed by atoms with Crippen LogP contribution in [0.25, 0.3) is 0 Å². The fourth-order valence-electron chi connectivity index (χ4n) is 5.32. The summed E-state index contributed by atoms with van der Waals surface area (Å²) in [5.41, 5.74) is -1.23. The maximum Gasteiger partial charge on any atom is 0.330 e. The highest BCUT2D eigenvalue weighted by molar-refractivity contribution is 6.99. The zero-order valence-electron chi connectivity index (χ0n) is 22.1. The van der Waals surface area contributed by atoms with Crippen LogP contribution in [-0.2, 0) is 13.9 Å². The van der Waals surface area contributed by atoms with E-state index in [9.17, 15) is 19.8 Å². The molecule has 1 aliphatic heterocycles. The molecular formula is C28H36N2O7Si. The Morgan fingerprint density at radius 2 is 1.61 bits per heavy atom. The molecule has 5 atom stereocenters. The zero-order valence-corrected chi connectivity index (χ0v) is 23.1. The van der Waals surface area contributed by atoms with Crippen molar-refractivity contribution in [3.05, 3.63) is 93.8 Å². The van der Waals surface area contributed by atoms with Crippen LogP contribution in [0.5, 0.6) is 0 Å². The number of aliphatic hydroxyl groups is 2. The van der Waals surface area contributed by atoms with Gasteiger partial charge in [0.25, 0.3) is 13.9 Å². The van der Waals surface area contributed by atoms with E-state index in [2.05, 4.69) is 50.0 Å². The molecule has 4 rings (SSSR count). The summed E-state index contributed by atoms with van der Waals surface area (Å²) in [6.07, 6.45) is -3.33. The monoisotopic (exact) mass is 540 g/mol. The molecule has 0 saturated carbocycles. The molecule has 9 nitrogen and oxygen atoms in total. The molecule has 1 saturated heterocycles. The lowest BCUT2D eigenvalue weighted by Crippen LogP contribution is -2.68. The number of hydrogen-bond acceptors (Lipinski definition) is 7. The summed E-state index contributed by atoms with van der Waals surface area (Å²) in [4.78, 5) is 26.4. The molecule has 0 unspecified atom stereocenters. The van der Waals surface area contributed by atoms with E-state index >= 15 is 0 Å². The summed E-state index contributed by atoms with van der Waals surface area (Å²) < 4.78 is 20.3. The van der Waals surface area contributed by atoms with Crippen molar-refractivity contribution < 1.29 is 24.1 Å². The third kappa shape index (κ3) is 5.33. The van der Waals surface area contributed by atoms with Crippen LogP contribution in [0.2, 0.25) is 5.04 Å². The van der Waals surface area contributed by atoms with Crippen molar-refractivity contribution in [3.63, 3.8) is 0 Å². The van der Waals surface area contributed by atoms with Crippen LogP contribution in [0.3, 0.4) is 0 Å². The topological polar surface area (TPSA) is 123 Å². The van der Waals surface area contributed by atoms with E-state index in [1.807, 2.05) is 43.3 Å². The smallest absolute Gasteiger partial charge is 0.330 e. The minimum Gasteiger partial charge on any atom is -0.402 e. The summed E-state index contributed by atoms with van der Waals surface area (Å²) in [5.74, 6) is 0. The number of nitrogens with one attached hydrogen (secondary N) is 1. The Labute approximate surface area is 222 Å². The molecule has 0 amide bonds. The predicted octanol–water partition coefficient (Wildman–Crippen LogP) is 1.14. The Morgan fingerprint density at radius 3 is 2.11 bits per heavy atom. The average molecular weight is 541 g/mol. The van der Waals surface area contributed by atoms with Crippen LogP contribution in [0.1, 0.15) is 33.9 Å². The highest BCUT2D eigenvalue weighted by atomic mass is 28.4. The number of benzene rings is 2. The molecule has 1 aliphatic rings. The van der Waals surface area contributed by atoms with Crippen LogP contribution in [0.15, 0.2) is 82.5 Å². The molecule has 3 aromatic rings. The van der Waals surface area contributed by atoms with Crippen LogP contribution in [0, 0.1) is 0 Å². The molecule has 2 heterocycles. The van der Waals surface area contributed by atoms with Gasteiger partial charge in [0.05, 0.1) is 19.3 Å². The van der Waals surface area contributed by atoms with E-state index in [0.29, 0.717) is 0 Å². The standard InChI is InChI=1S/C28H36N2O7Si/c1-19(24-23(33)25(35-18-17-31)26(36-24)30-16-15-22(32)29-27(30)34)37-38(28(2,3)4,20-11-7-5-8-12-20)21-13-9-6-10-14-21/h5-16,19,23-26,31,33H,17-18H2,1-4H3,(H,29,32,34)/t19-,23+,24+,25+,26+/m0/s1. The van der Waals surface area contributed by atoms with Gasteiger partial charge in [-0.15, -0.1) is 0 Å². The summed E-state index contributed by atoms with van der Waals surface area (Å²) in [5, 5.41) is 22.6. The Hall–Kier alpha value is -2.86. The molecule has 10 heteroatoms. The van der Waals surface area contributed by atoms with Gasteiger partial charge in [-0.3, -0.25) is 14.3 Å². The van der Waals surface area contributed by atoms with Gasteiger partial charge in [-0.25, -0.2) is 4.79 Å². The number of aliphatic hydroxyl groups excluding tert-OH is 2. The first-order chi connectivity index (χ1) is 18.1. The van der Waals surface area contributed by atoms with Crippen LogP contribution >= 0.6 is 0 Å². The second-order valence-corrected chi connectivity index (χ2v) is 14.8. The maximum absolute atomic E-state index is 12.6. The number of nitrogens with zero attached hydrogens (tertiary/aromatic N) is 1. The normalized spacial score (nSPS) is 22.9. The molecule has 1 aromatic heterocycles. The molecule has 0 radical (unpaired) electrons. The Morgan fingerprint density at radius 1 is 1.03 bits per heavy atom. The van der Waals surface area contributed by atoms with E-state index in [0.717, 1.165) is 10.4 Å². The third-order valence-electron chi connectivity index (χ3n) is 7.02.